The molecule has 1 aliphatic rings. The first-order valence-corrected chi connectivity index (χ1v) is 6.05. The van der Waals surface area contributed by atoms with E-state index in [1.807, 2.05) is 0 Å². The molecular formula is C14H21N. The molecule has 0 amide bonds. The van der Waals surface area contributed by atoms with E-state index in [1.165, 1.54) is 24.0 Å². The minimum atomic E-state index is 0.369. The zero-order valence-electron chi connectivity index (χ0n) is 9.74. The third kappa shape index (κ3) is 2.07. The van der Waals surface area contributed by atoms with Crippen LogP contribution in [0.15, 0.2) is 24.3 Å². The van der Waals surface area contributed by atoms with E-state index < -0.39 is 0 Å². The largest absolute Gasteiger partial charge is 0.327 e. The Bertz CT molecular complexity index is 332. The Morgan fingerprint density at radius 3 is 2.80 bits per heavy atom. The van der Waals surface area contributed by atoms with Crippen LogP contribution in [0.25, 0.3) is 0 Å². The Balaban J connectivity index is 1.94. The van der Waals surface area contributed by atoms with Crippen molar-refractivity contribution in [3.8, 4) is 0 Å². The summed E-state index contributed by atoms with van der Waals surface area (Å²) in [5.74, 6) is 1.38. The van der Waals surface area contributed by atoms with E-state index in [4.69, 9.17) is 5.73 Å². The van der Waals surface area contributed by atoms with Crippen LogP contribution in [0.5, 0.6) is 0 Å². The van der Waals surface area contributed by atoms with Gasteiger partial charge in [0, 0.05) is 6.04 Å². The molecule has 0 bridgehead atoms. The average molecular weight is 203 g/mol. The van der Waals surface area contributed by atoms with Crippen molar-refractivity contribution in [2.75, 3.05) is 0 Å². The van der Waals surface area contributed by atoms with E-state index in [2.05, 4.69) is 38.1 Å². The maximum absolute atomic E-state index is 6.20. The molecule has 3 unspecified atom stereocenters. The molecule has 1 aromatic carbocycles. The quantitative estimate of drug-likeness (QED) is 0.799. The molecule has 2 rings (SSSR count). The van der Waals surface area contributed by atoms with Crippen LogP contribution in [-0.4, -0.2) is 6.04 Å². The predicted octanol–water partition coefficient (Wildman–Crippen LogP) is 3.09. The first kappa shape index (κ1) is 10.7. The van der Waals surface area contributed by atoms with Gasteiger partial charge in [0.05, 0.1) is 0 Å². The zero-order chi connectivity index (χ0) is 10.8. The minimum absolute atomic E-state index is 0.369. The van der Waals surface area contributed by atoms with Crippen LogP contribution >= 0.6 is 0 Å². The summed E-state index contributed by atoms with van der Waals surface area (Å²) >= 11 is 0. The first-order valence-electron chi connectivity index (χ1n) is 6.05. The summed E-state index contributed by atoms with van der Waals surface area (Å²) in [5, 5.41) is 0. The summed E-state index contributed by atoms with van der Waals surface area (Å²) in [6.07, 6.45) is 3.59. The second-order valence-electron chi connectivity index (χ2n) is 4.88. The third-order valence-electron chi connectivity index (χ3n) is 3.89. The molecule has 1 aliphatic carbocycles. The molecule has 0 saturated heterocycles. The van der Waals surface area contributed by atoms with E-state index in [-0.39, 0.29) is 0 Å². The Morgan fingerprint density at radius 2 is 2.13 bits per heavy atom. The third-order valence-corrected chi connectivity index (χ3v) is 3.89. The fraction of sp³-hybridized carbons (Fsp3) is 0.571. The fourth-order valence-corrected chi connectivity index (χ4v) is 2.44. The van der Waals surface area contributed by atoms with E-state index in [1.54, 1.807) is 0 Å². The van der Waals surface area contributed by atoms with Crippen molar-refractivity contribution in [1.29, 1.82) is 0 Å². The zero-order valence-corrected chi connectivity index (χ0v) is 9.74. The van der Waals surface area contributed by atoms with Crippen LogP contribution < -0.4 is 5.73 Å². The Labute approximate surface area is 92.7 Å². The average Bonchev–Trinajstić information content (AvgIpc) is 2.24. The van der Waals surface area contributed by atoms with E-state index in [9.17, 15) is 0 Å². The molecular weight excluding hydrogens is 182 g/mol. The lowest BCUT2D eigenvalue weighted by Gasteiger charge is -2.33. The monoisotopic (exact) mass is 203 g/mol. The second kappa shape index (κ2) is 4.36. The van der Waals surface area contributed by atoms with Gasteiger partial charge < -0.3 is 5.73 Å². The number of hydrogen-bond acceptors (Lipinski definition) is 1. The normalized spacial score (nSPS) is 22.7. The number of nitrogens with two attached hydrogens (primary N) is 1. The predicted molar refractivity (Wildman–Crippen MR) is 64.9 cm³/mol. The van der Waals surface area contributed by atoms with Gasteiger partial charge in [0.15, 0.2) is 0 Å². The molecule has 1 nitrogen and oxygen atoms in total. The van der Waals surface area contributed by atoms with Gasteiger partial charge in [-0.1, -0.05) is 44.5 Å². The maximum atomic E-state index is 6.20. The molecule has 0 aromatic heterocycles. The molecule has 82 valence electrons. The first-order chi connectivity index (χ1) is 7.22. The van der Waals surface area contributed by atoms with Crippen molar-refractivity contribution in [1.82, 2.24) is 0 Å². The highest BCUT2D eigenvalue weighted by molar-refractivity contribution is 5.39. The Kier molecular flexibility index (Phi) is 3.11. The van der Waals surface area contributed by atoms with Crippen LogP contribution in [-0.2, 0) is 6.42 Å². The molecule has 0 saturated carbocycles. The van der Waals surface area contributed by atoms with E-state index in [0.29, 0.717) is 12.0 Å². The lowest BCUT2D eigenvalue weighted by atomic mass is 9.73. The number of benzene rings is 1. The summed E-state index contributed by atoms with van der Waals surface area (Å²) < 4.78 is 0. The summed E-state index contributed by atoms with van der Waals surface area (Å²) in [6, 6.07) is 9.13. The molecule has 0 aliphatic heterocycles. The van der Waals surface area contributed by atoms with Crippen molar-refractivity contribution in [3.05, 3.63) is 35.4 Å². The van der Waals surface area contributed by atoms with Gasteiger partial charge in [0.25, 0.3) is 0 Å². The Morgan fingerprint density at radius 1 is 1.40 bits per heavy atom. The highest BCUT2D eigenvalue weighted by Crippen LogP contribution is 2.38. The lowest BCUT2D eigenvalue weighted by Crippen LogP contribution is -2.32. The van der Waals surface area contributed by atoms with Gasteiger partial charge in [-0.2, -0.15) is 0 Å². The minimum Gasteiger partial charge on any atom is -0.327 e. The summed E-state index contributed by atoms with van der Waals surface area (Å²) in [4.78, 5) is 0. The van der Waals surface area contributed by atoms with Gasteiger partial charge in [-0.05, 0) is 35.8 Å². The van der Waals surface area contributed by atoms with Gasteiger partial charge in [0.2, 0.25) is 0 Å². The summed E-state index contributed by atoms with van der Waals surface area (Å²) in [5.41, 5.74) is 9.26. The maximum Gasteiger partial charge on any atom is 0.00703 e. The van der Waals surface area contributed by atoms with Crippen LogP contribution in [0.4, 0.5) is 0 Å². The molecule has 1 heteroatoms. The second-order valence-corrected chi connectivity index (χ2v) is 4.88. The van der Waals surface area contributed by atoms with Crippen LogP contribution in [0.1, 0.15) is 43.7 Å². The highest BCUT2D eigenvalue weighted by Gasteiger charge is 2.27. The van der Waals surface area contributed by atoms with Crippen LogP contribution in [0.2, 0.25) is 0 Å². The number of hydrogen-bond donors (Lipinski definition) is 1. The van der Waals surface area contributed by atoms with Crippen LogP contribution in [0, 0.1) is 5.92 Å². The molecule has 0 spiro atoms. The van der Waals surface area contributed by atoms with Crippen molar-refractivity contribution in [2.24, 2.45) is 11.7 Å². The van der Waals surface area contributed by atoms with Gasteiger partial charge in [-0.25, -0.2) is 0 Å². The molecule has 3 atom stereocenters. The molecule has 0 radical (unpaired) electrons. The Hall–Kier alpha value is -0.820. The van der Waals surface area contributed by atoms with E-state index in [0.717, 1.165) is 12.3 Å². The molecule has 2 N–H and O–H groups in total. The van der Waals surface area contributed by atoms with Crippen molar-refractivity contribution >= 4 is 0 Å². The van der Waals surface area contributed by atoms with Gasteiger partial charge in [-0.15, -0.1) is 0 Å². The standard InChI is InChI=1S/C14H21N/c1-3-10(2)14(15)9-12-8-11-6-4-5-7-13(11)12/h4-7,10,12,14H,3,8-9,15H2,1-2H3. The SMILES string of the molecule is CCC(C)C(N)CC1Cc2ccccc21. The summed E-state index contributed by atoms with van der Waals surface area (Å²) in [6.45, 7) is 4.48. The molecule has 0 fully saturated rings. The fourth-order valence-electron chi connectivity index (χ4n) is 2.44. The van der Waals surface area contributed by atoms with E-state index >= 15 is 0 Å². The highest BCUT2D eigenvalue weighted by atomic mass is 14.6. The van der Waals surface area contributed by atoms with Gasteiger partial charge >= 0.3 is 0 Å². The molecule has 15 heavy (non-hydrogen) atoms. The smallest absolute Gasteiger partial charge is 0.00703 e. The van der Waals surface area contributed by atoms with Crippen molar-refractivity contribution in [3.63, 3.8) is 0 Å². The van der Waals surface area contributed by atoms with Gasteiger partial charge in [-0.3, -0.25) is 0 Å². The van der Waals surface area contributed by atoms with Crippen molar-refractivity contribution < 1.29 is 0 Å². The number of fused-ring (bicyclic) bond motifs is 1. The van der Waals surface area contributed by atoms with Crippen LogP contribution in [0.3, 0.4) is 0 Å². The molecule has 0 heterocycles. The summed E-state index contributed by atoms with van der Waals surface area (Å²) in [7, 11) is 0. The lowest BCUT2D eigenvalue weighted by molar-refractivity contribution is 0.377. The molecule has 1 aromatic rings. The van der Waals surface area contributed by atoms with Gasteiger partial charge in [0.1, 0.15) is 0 Å². The van der Waals surface area contributed by atoms with Crippen molar-refractivity contribution in [2.45, 2.75) is 45.1 Å². The number of rotatable bonds is 4. The topological polar surface area (TPSA) is 26.0 Å².